The molecule has 5 rings (SSSR count). The van der Waals surface area contributed by atoms with Crippen molar-refractivity contribution in [2.75, 3.05) is 38.5 Å². The molecule has 0 spiro atoms. The van der Waals surface area contributed by atoms with Crippen LogP contribution in [-0.2, 0) is 6.54 Å². The summed E-state index contributed by atoms with van der Waals surface area (Å²) in [5.74, 6) is 0. The van der Waals surface area contributed by atoms with Crippen LogP contribution in [0.2, 0.25) is 0 Å². The minimum Gasteiger partial charge on any atom is -0.361 e. The monoisotopic (exact) mass is 462 g/mol. The first kappa shape index (κ1) is 22.9. The number of aromatic amines is 1. The average molecular weight is 463 g/mol. The number of aromatic nitrogens is 2. The number of likely N-dealkylation sites (N-methyl/N-ethyl adjacent to an activating group) is 1. The van der Waals surface area contributed by atoms with E-state index in [9.17, 15) is 5.26 Å². The highest BCUT2D eigenvalue weighted by Gasteiger charge is 2.14. The maximum atomic E-state index is 9.76. The maximum absolute atomic E-state index is 9.76. The zero-order valence-corrected chi connectivity index (χ0v) is 20.3. The minimum absolute atomic E-state index is 0.518. The lowest BCUT2D eigenvalue weighted by Crippen LogP contribution is -2.43. The Hall–Kier alpha value is -3.92. The number of nitriles is 1. The first-order chi connectivity index (χ1) is 17.1. The van der Waals surface area contributed by atoms with Crippen molar-refractivity contribution >= 4 is 34.4 Å². The van der Waals surface area contributed by atoms with Gasteiger partial charge in [-0.25, -0.2) is 0 Å². The molecule has 0 atom stereocenters. The van der Waals surface area contributed by atoms with Gasteiger partial charge < -0.3 is 15.2 Å². The van der Waals surface area contributed by atoms with E-state index in [4.69, 9.17) is 0 Å². The number of H-pyrrole nitrogens is 1. The number of nitrogens with one attached hydrogen (secondary N) is 2. The first-order valence-corrected chi connectivity index (χ1v) is 12.0. The molecular formula is C29H30N6. The standard InChI is InChI=1S/C29H30N6/c1-21-26-10-11-32-28(26)9-8-27(21)33-29-24(18-31-19-25(29)17-30)7-6-22-4-3-5-23(16-22)20-35-14-12-34(2)13-15-35/h3-11,16,18-19,32H,12-15,20H2,1-2H3,(H,31,33)/b7-6+. The summed E-state index contributed by atoms with van der Waals surface area (Å²) in [4.78, 5) is 12.4. The number of fused-ring (bicyclic) bond motifs is 1. The lowest BCUT2D eigenvalue weighted by atomic mass is 10.1. The molecule has 0 unspecified atom stereocenters. The van der Waals surface area contributed by atoms with Gasteiger partial charge in [-0.1, -0.05) is 36.4 Å². The lowest BCUT2D eigenvalue weighted by Gasteiger charge is -2.32. The number of benzene rings is 2. The molecule has 1 saturated heterocycles. The van der Waals surface area contributed by atoms with Crippen LogP contribution in [0.25, 0.3) is 23.1 Å². The molecule has 0 bridgehead atoms. The quantitative estimate of drug-likeness (QED) is 0.401. The van der Waals surface area contributed by atoms with E-state index in [1.807, 2.05) is 18.3 Å². The average Bonchev–Trinajstić information content (AvgIpc) is 3.36. The van der Waals surface area contributed by atoms with Gasteiger partial charge in [0.2, 0.25) is 0 Å². The van der Waals surface area contributed by atoms with Crippen molar-refractivity contribution in [3.8, 4) is 6.07 Å². The van der Waals surface area contributed by atoms with Gasteiger partial charge in [-0.2, -0.15) is 5.26 Å². The molecule has 1 aliphatic rings. The minimum atomic E-state index is 0.518. The Morgan fingerprint density at radius 3 is 2.77 bits per heavy atom. The number of hydrogen-bond acceptors (Lipinski definition) is 5. The highest BCUT2D eigenvalue weighted by molar-refractivity contribution is 5.90. The van der Waals surface area contributed by atoms with Crippen LogP contribution in [0, 0.1) is 18.3 Å². The summed E-state index contributed by atoms with van der Waals surface area (Å²) < 4.78 is 0. The number of hydrogen-bond donors (Lipinski definition) is 2. The number of rotatable bonds is 6. The molecule has 3 heterocycles. The van der Waals surface area contributed by atoms with Crippen molar-refractivity contribution in [2.24, 2.45) is 0 Å². The number of aryl methyl sites for hydroxylation is 1. The normalized spacial score (nSPS) is 15.0. The molecule has 1 fully saturated rings. The van der Waals surface area contributed by atoms with E-state index in [0.717, 1.165) is 71.7 Å². The van der Waals surface area contributed by atoms with Crippen LogP contribution in [-0.4, -0.2) is 53.0 Å². The van der Waals surface area contributed by atoms with Crippen molar-refractivity contribution in [2.45, 2.75) is 13.5 Å². The van der Waals surface area contributed by atoms with Crippen molar-refractivity contribution in [3.05, 3.63) is 88.9 Å². The van der Waals surface area contributed by atoms with Gasteiger partial charge in [0.1, 0.15) is 6.07 Å². The SMILES string of the molecule is Cc1c(Nc2c(C#N)cncc2/C=C/c2cccc(CN3CCN(C)CC3)c2)ccc2[nH]ccc12. The van der Waals surface area contributed by atoms with Crippen LogP contribution in [0.1, 0.15) is 27.8 Å². The second-order valence-electron chi connectivity index (χ2n) is 9.22. The lowest BCUT2D eigenvalue weighted by molar-refractivity contribution is 0.148. The summed E-state index contributed by atoms with van der Waals surface area (Å²) in [7, 11) is 2.18. The van der Waals surface area contributed by atoms with Gasteiger partial charge in [-0.15, -0.1) is 0 Å². The highest BCUT2D eigenvalue weighted by Crippen LogP contribution is 2.31. The van der Waals surface area contributed by atoms with Gasteiger partial charge in [0.25, 0.3) is 0 Å². The van der Waals surface area contributed by atoms with Crippen LogP contribution in [0.15, 0.2) is 61.1 Å². The van der Waals surface area contributed by atoms with Gasteiger partial charge in [-0.05, 0) is 48.9 Å². The molecule has 2 aromatic carbocycles. The van der Waals surface area contributed by atoms with Crippen molar-refractivity contribution in [3.63, 3.8) is 0 Å². The Morgan fingerprint density at radius 2 is 1.94 bits per heavy atom. The molecule has 35 heavy (non-hydrogen) atoms. The molecule has 176 valence electrons. The summed E-state index contributed by atoms with van der Waals surface area (Å²) in [6.07, 6.45) is 9.49. The molecule has 6 heteroatoms. The zero-order chi connectivity index (χ0) is 24.2. The summed E-state index contributed by atoms with van der Waals surface area (Å²) >= 11 is 0. The van der Waals surface area contributed by atoms with Gasteiger partial charge in [0.15, 0.2) is 0 Å². The molecule has 0 aliphatic carbocycles. The smallest absolute Gasteiger partial charge is 0.103 e. The third kappa shape index (κ3) is 5.12. The molecule has 0 amide bonds. The number of anilines is 2. The largest absolute Gasteiger partial charge is 0.361 e. The molecule has 0 saturated carbocycles. The Bertz CT molecular complexity index is 1400. The maximum Gasteiger partial charge on any atom is 0.103 e. The van der Waals surface area contributed by atoms with Gasteiger partial charge in [-0.3, -0.25) is 9.88 Å². The summed E-state index contributed by atoms with van der Waals surface area (Å²) in [5.41, 5.74) is 7.82. The van der Waals surface area contributed by atoms with E-state index in [2.05, 4.69) is 87.6 Å². The second kappa shape index (κ2) is 10.1. The number of piperazine rings is 1. The fraction of sp³-hybridized carbons (Fsp3) is 0.241. The fourth-order valence-electron chi connectivity index (χ4n) is 4.63. The number of pyridine rings is 1. The third-order valence-corrected chi connectivity index (χ3v) is 6.77. The fourth-order valence-corrected chi connectivity index (χ4v) is 4.63. The van der Waals surface area contributed by atoms with E-state index >= 15 is 0 Å². The second-order valence-corrected chi connectivity index (χ2v) is 9.22. The van der Waals surface area contributed by atoms with E-state index in [0.29, 0.717) is 5.56 Å². The molecule has 4 aromatic rings. The predicted molar refractivity (Wildman–Crippen MR) is 143 cm³/mol. The Morgan fingerprint density at radius 1 is 1.09 bits per heavy atom. The van der Waals surface area contributed by atoms with Gasteiger partial charge in [0, 0.05) is 73.5 Å². The van der Waals surface area contributed by atoms with Crippen LogP contribution in [0.5, 0.6) is 0 Å². The molecule has 6 nitrogen and oxygen atoms in total. The van der Waals surface area contributed by atoms with Gasteiger partial charge in [0.05, 0.1) is 11.3 Å². The van der Waals surface area contributed by atoms with E-state index < -0.39 is 0 Å². The molecule has 1 aliphatic heterocycles. The van der Waals surface area contributed by atoms with E-state index in [-0.39, 0.29) is 0 Å². The third-order valence-electron chi connectivity index (χ3n) is 6.77. The zero-order valence-electron chi connectivity index (χ0n) is 20.3. The van der Waals surface area contributed by atoms with E-state index in [1.165, 1.54) is 5.56 Å². The topological polar surface area (TPSA) is 71.0 Å². The van der Waals surface area contributed by atoms with Crippen molar-refractivity contribution < 1.29 is 0 Å². The predicted octanol–water partition coefficient (Wildman–Crippen LogP) is 5.40. The molecule has 0 radical (unpaired) electrons. The van der Waals surface area contributed by atoms with Crippen LogP contribution in [0.4, 0.5) is 11.4 Å². The number of nitrogens with zero attached hydrogens (tertiary/aromatic N) is 4. The highest BCUT2D eigenvalue weighted by atomic mass is 15.2. The van der Waals surface area contributed by atoms with Crippen molar-refractivity contribution in [1.82, 2.24) is 19.8 Å². The molecule has 2 N–H and O–H groups in total. The Balaban J connectivity index is 1.39. The Labute approximate surface area is 206 Å². The van der Waals surface area contributed by atoms with E-state index in [1.54, 1.807) is 12.4 Å². The van der Waals surface area contributed by atoms with Crippen LogP contribution >= 0.6 is 0 Å². The Kier molecular flexibility index (Phi) is 6.62. The first-order valence-electron chi connectivity index (χ1n) is 12.0. The summed E-state index contributed by atoms with van der Waals surface area (Å²) in [5, 5.41) is 14.4. The summed E-state index contributed by atoms with van der Waals surface area (Å²) in [6, 6.07) is 17.1. The molecular weight excluding hydrogens is 432 g/mol. The summed E-state index contributed by atoms with van der Waals surface area (Å²) in [6.45, 7) is 7.50. The van der Waals surface area contributed by atoms with Crippen LogP contribution in [0.3, 0.4) is 0 Å². The van der Waals surface area contributed by atoms with Crippen molar-refractivity contribution in [1.29, 1.82) is 5.26 Å². The van der Waals surface area contributed by atoms with Gasteiger partial charge >= 0.3 is 0 Å². The molecule has 2 aromatic heterocycles. The van der Waals surface area contributed by atoms with Crippen LogP contribution < -0.4 is 5.32 Å².